The minimum Gasteiger partial charge on any atom is -0.386 e. The molecule has 2 rings (SSSR count). The van der Waals surface area contributed by atoms with Gasteiger partial charge in [0.05, 0.1) is 18.2 Å². The first kappa shape index (κ1) is 14.5. The third-order valence-corrected chi connectivity index (χ3v) is 4.70. The fourth-order valence-electron chi connectivity index (χ4n) is 3.34. The fourth-order valence-corrected chi connectivity index (χ4v) is 3.34. The van der Waals surface area contributed by atoms with E-state index in [2.05, 4.69) is 11.9 Å². The van der Waals surface area contributed by atoms with E-state index in [1.807, 2.05) is 4.57 Å². The van der Waals surface area contributed by atoms with Gasteiger partial charge in [0, 0.05) is 18.5 Å². The zero-order valence-corrected chi connectivity index (χ0v) is 12.0. The molecule has 4 heteroatoms. The zero-order chi connectivity index (χ0) is 13.7. The van der Waals surface area contributed by atoms with Gasteiger partial charge in [0.2, 0.25) is 0 Å². The third-order valence-electron chi connectivity index (χ3n) is 4.70. The highest BCUT2D eigenvalue weighted by atomic mass is 16.3. The van der Waals surface area contributed by atoms with Crippen molar-refractivity contribution in [1.82, 2.24) is 9.55 Å². The molecule has 0 bridgehead atoms. The van der Waals surface area contributed by atoms with Crippen molar-refractivity contribution >= 4 is 0 Å². The molecule has 4 nitrogen and oxygen atoms in total. The highest BCUT2D eigenvalue weighted by Gasteiger charge is 2.38. The molecule has 0 amide bonds. The van der Waals surface area contributed by atoms with Gasteiger partial charge in [-0.25, -0.2) is 4.98 Å². The molecule has 0 aliphatic heterocycles. The number of aromatic nitrogens is 2. The van der Waals surface area contributed by atoms with Crippen molar-refractivity contribution in [2.24, 2.45) is 11.1 Å². The molecule has 1 saturated carbocycles. The van der Waals surface area contributed by atoms with Crippen LogP contribution in [0.25, 0.3) is 0 Å². The van der Waals surface area contributed by atoms with Crippen molar-refractivity contribution in [2.45, 2.75) is 64.5 Å². The normalized spacial score (nSPS) is 21.6. The number of aliphatic hydroxyl groups is 1. The Morgan fingerprint density at radius 2 is 1.95 bits per heavy atom. The van der Waals surface area contributed by atoms with E-state index < -0.39 is 6.10 Å². The second-order valence-electron chi connectivity index (χ2n) is 5.84. The van der Waals surface area contributed by atoms with E-state index in [0.29, 0.717) is 6.54 Å². The molecule has 108 valence electrons. The minimum absolute atomic E-state index is 0.159. The number of hydrogen-bond donors (Lipinski definition) is 2. The lowest BCUT2D eigenvalue weighted by atomic mass is 9.71. The van der Waals surface area contributed by atoms with E-state index in [9.17, 15) is 5.11 Å². The standard InChI is InChI=1S/C15H27N3O/c1-2-18-12-17-10-13(18)14(19)15(11-16)8-6-4-3-5-7-9-15/h10,12,14,19H,2-9,11,16H2,1H3. The van der Waals surface area contributed by atoms with Crippen LogP contribution in [0, 0.1) is 5.41 Å². The fraction of sp³-hybridized carbons (Fsp3) is 0.800. The summed E-state index contributed by atoms with van der Waals surface area (Å²) < 4.78 is 2.03. The molecule has 1 fully saturated rings. The number of rotatable bonds is 4. The summed E-state index contributed by atoms with van der Waals surface area (Å²) in [6.07, 6.45) is 11.4. The first-order valence-corrected chi connectivity index (χ1v) is 7.61. The number of imidazole rings is 1. The Hall–Kier alpha value is -0.870. The van der Waals surface area contributed by atoms with Gasteiger partial charge in [0.1, 0.15) is 6.10 Å². The van der Waals surface area contributed by atoms with Crippen molar-refractivity contribution in [3.63, 3.8) is 0 Å². The average molecular weight is 265 g/mol. The lowest BCUT2D eigenvalue weighted by molar-refractivity contribution is 0.00323. The molecule has 1 aromatic heterocycles. The zero-order valence-electron chi connectivity index (χ0n) is 12.0. The SMILES string of the molecule is CCn1cncc1C(O)C1(CN)CCCCCCC1. The maximum atomic E-state index is 10.9. The van der Waals surface area contributed by atoms with Gasteiger partial charge >= 0.3 is 0 Å². The summed E-state index contributed by atoms with van der Waals surface area (Å²) in [5.41, 5.74) is 6.83. The Morgan fingerprint density at radius 1 is 1.32 bits per heavy atom. The summed E-state index contributed by atoms with van der Waals surface area (Å²) in [6, 6.07) is 0. The van der Waals surface area contributed by atoms with Crippen LogP contribution in [0.15, 0.2) is 12.5 Å². The molecule has 0 spiro atoms. The summed E-state index contributed by atoms with van der Waals surface area (Å²) in [6.45, 7) is 3.47. The van der Waals surface area contributed by atoms with Crippen LogP contribution in [0.1, 0.15) is 63.7 Å². The quantitative estimate of drug-likeness (QED) is 0.879. The maximum Gasteiger partial charge on any atom is 0.102 e. The van der Waals surface area contributed by atoms with Gasteiger partial charge in [0.25, 0.3) is 0 Å². The van der Waals surface area contributed by atoms with Gasteiger partial charge in [-0.15, -0.1) is 0 Å². The molecular weight excluding hydrogens is 238 g/mol. The molecule has 19 heavy (non-hydrogen) atoms. The molecule has 1 unspecified atom stereocenters. The number of hydrogen-bond acceptors (Lipinski definition) is 3. The Morgan fingerprint density at radius 3 is 2.53 bits per heavy atom. The van der Waals surface area contributed by atoms with Gasteiger partial charge in [-0.2, -0.15) is 0 Å². The van der Waals surface area contributed by atoms with Crippen molar-refractivity contribution < 1.29 is 5.11 Å². The number of aryl methyl sites for hydroxylation is 1. The van der Waals surface area contributed by atoms with Crippen LogP contribution in [-0.2, 0) is 6.54 Å². The van der Waals surface area contributed by atoms with E-state index >= 15 is 0 Å². The van der Waals surface area contributed by atoms with Crippen LogP contribution in [0.5, 0.6) is 0 Å². The third kappa shape index (κ3) is 3.00. The summed E-state index contributed by atoms with van der Waals surface area (Å²) in [5.74, 6) is 0. The Bertz CT molecular complexity index is 380. The van der Waals surface area contributed by atoms with Crippen LogP contribution < -0.4 is 5.73 Å². The highest BCUT2D eigenvalue weighted by molar-refractivity contribution is 5.09. The lowest BCUT2D eigenvalue weighted by Crippen LogP contribution is -2.38. The topological polar surface area (TPSA) is 64.1 Å². The molecule has 1 atom stereocenters. The predicted molar refractivity (Wildman–Crippen MR) is 76.7 cm³/mol. The Balaban J connectivity index is 2.23. The van der Waals surface area contributed by atoms with E-state index in [4.69, 9.17) is 5.73 Å². The van der Waals surface area contributed by atoms with Crippen LogP contribution in [-0.4, -0.2) is 21.2 Å². The molecule has 0 radical (unpaired) electrons. The van der Waals surface area contributed by atoms with Crippen LogP contribution in [0.3, 0.4) is 0 Å². The van der Waals surface area contributed by atoms with E-state index in [1.165, 1.54) is 32.1 Å². The molecule has 3 N–H and O–H groups in total. The summed E-state index contributed by atoms with van der Waals surface area (Å²) in [5, 5.41) is 10.9. The van der Waals surface area contributed by atoms with E-state index in [0.717, 1.165) is 25.1 Å². The molecule has 1 aromatic rings. The van der Waals surface area contributed by atoms with E-state index in [1.54, 1.807) is 12.5 Å². The molecule has 1 aliphatic rings. The van der Waals surface area contributed by atoms with Crippen molar-refractivity contribution in [2.75, 3.05) is 6.54 Å². The number of aliphatic hydroxyl groups excluding tert-OH is 1. The monoisotopic (exact) mass is 265 g/mol. The summed E-state index contributed by atoms with van der Waals surface area (Å²) >= 11 is 0. The summed E-state index contributed by atoms with van der Waals surface area (Å²) in [4.78, 5) is 4.18. The van der Waals surface area contributed by atoms with Crippen molar-refractivity contribution in [1.29, 1.82) is 0 Å². The van der Waals surface area contributed by atoms with Crippen molar-refractivity contribution in [3.8, 4) is 0 Å². The second-order valence-corrected chi connectivity index (χ2v) is 5.84. The van der Waals surface area contributed by atoms with E-state index in [-0.39, 0.29) is 5.41 Å². The molecule has 1 aliphatic carbocycles. The van der Waals surface area contributed by atoms with Gasteiger partial charge in [0.15, 0.2) is 0 Å². The smallest absolute Gasteiger partial charge is 0.102 e. The summed E-state index contributed by atoms with van der Waals surface area (Å²) in [7, 11) is 0. The van der Waals surface area contributed by atoms with Crippen molar-refractivity contribution in [3.05, 3.63) is 18.2 Å². The predicted octanol–water partition coefficient (Wildman–Crippen LogP) is 2.63. The highest BCUT2D eigenvalue weighted by Crippen LogP contribution is 2.43. The molecule has 0 aromatic carbocycles. The van der Waals surface area contributed by atoms with Crippen LogP contribution in [0.2, 0.25) is 0 Å². The Labute approximate surface area is 116 Å². The molecule has 1 heterocycles. The molecular formula is C15H27N3O. The Kier molecular flexibility index (Phi) is 4.99. The molecule has 0 saturated heterocycles. The first-order chi connectivity index (χ1) is 9.23. The maximum absolute atomic E-state index is 10.9. The lowest BCUT2D eigenvalue weighted by Gasteiger charge is -2.38. The van der Waals surface area contributed by atoms with Gasteiger partial charge in [-0.1, -0.05) is 32.1 Å². The van der Waals surface area contributed by atoms with Gasteiger partial charge in [-0.3, -0.25) is 0 Å². The van der Waals surface area contributed by atoms with Gasteiger partial charge in [-0.05, 0) is 19.8 Å². The number of nitrogens with two attached hydrogens (primary N) is 1. The van der Waals surface area contributed by atoms with Crippen LogP contribution in [0.4, 0.5) is 0 Å². The second kappa shape index (κ2) is 6.53. The number of nitrogens with zero attached hydrogens (tertiary/aromatic N) is 2. The largest absolute Gasteiger partial charge is 0.386 e. The minimum atomic E-state index is -0.488. The first-order valence-electron chi connectivity index (χ1n) is 7.61. The van der Waals surface area contributed by atoms with Gasteiger partial charge < -0.3 is 15.4 Å². The average Bonchev–Trinajstić information content (AvgIpc) is 2.87. The van der Waals surface area contributed by atoms with Crippen LogP contribution >= 0.6 is 0 Å².